The van der Waals surface area contributed by atoms with E-state index in [1.807, 2.05) is 12.1 Å². The Labute approximate surface area is 142 Å². The van der Waals surface area contributed by atoms with Gasteiger partial charge in [-0.05, 0) is 52.9 Å². The van der Waals surface area contributed by atoms with Gasteiger partial charge in [0.2, 0.25) is 0 Å². The first-order valence-electron chi connectivity index (χ1n) is 6.63. The Kier molecular flexibility index (Phi) is 4.27. The number of aromatic nitrogens is 4. The summed E-state index contributed by atoms with van der Waals surface area (Å²) >= 11 is 11.8. The summed E-state index contributed by atoms with van der Waals surface area (Å²) in [6.45, 7) is 0. The summed E-state index contributed by atoms with van der Waals surface area (Å²) in [7, 11) is 1.76. The van der Waals surface area contributed by atoms with E-state index in [1.54, 1.807) is 42.1 Å². The van der Waals surface area contributed by atoms with Crippen molar-refractivity contribution in [1.29, 1.82) is 0 Å². The monoisotopic (exact) mass is 347 g/mol. The number of rotatable bonds is 3. The molecule has 1 N–H and O–H groups in total. The summed E-state index contributed by atoms with van der Waals surface area (Å²) in [5.74, 6) is 0.354. The molecule has 6 nitrogen and oxygen atoms in total. The molecule has 0 atom stereocenters. The largest absolute Gasteiger partial charge is 0.322 e. The lowest BCUT2D eigenvalue weighted by atomic mass is 10.1. The first kappa shape index (κ1) is 15.5. The first-order valence-corrected chi connectivity index (χ1v) is 7.39. The molecule has 2 aromatic carbocycles. The number of nitrogens with one attached hydrogen (secondary N) is 1. The Morgan fingerprint density at radius 3 is 2.30 bits per heavy atom. The summed E-state index contributed by atoms with van der Waals surface area (Å²) in [4.78, 5) is 12.2. The Balaban J connectivity index is 1.78. The number of hydrogen-bond acceptors (Lipinski definition) is 4. The van der Waals surface area contributed by atoms with Gasteiger partial charge in [-0.2, -0.15) is 0 Å². The molecular formula is C15H11Cl2N5O. The van der Waals surface area contributed by atoms with Crippen molar-refractivity contribution in [3.05, 3.63) is 58.1 Å². The Bertz CT molecular complexity index is 840. The van der Waals surface area contributed by atoms with Crippen molar-refractivity contribution in [1.82, 2.24) is 20.2 Å². The highest BCUT2D eigenvalue weighted by Gasteiger charge is 2.10. The van der Waals surface area contributed by atoms with E-state index in [2.05, 4.69) is 20.8 Å². The molecule has 3 rings (SSSR count). The molecule has 0 aliphatic heterocycles. The predicted octanol–water partition coefficient (Wildman–Crippen LogP) is 3.44. The molecule has 1 amide bonds. The highest BCUT2D eigenvalue weighted by atomic mass is 35.5. The molecule has 0 unspecified atom stereocenters. The van der Waals surface area contributed by atoms with Crippen LogP contribution in [0, 0.1) is 0 Å². The van der Waals surface area contributed by atoms with E-state index in [1.165, 1.54) is 0 Å². The summed E-state index contributed by atoms with van der Waals surface area (Å²) < 4.78 is 1.57. The maximum absolute atomic E-state index is 12.2. The minimum absolute atomic E-state index is 0.289. The molecule has 0 bridgehead atoms. The van der Waals surface area contributed by atoms with E-state index in [-0.39, 0.29) is 5.91 Å². The zero-order valence-corrected chi connectivity index (χ0v) is 13.5. The topological polar surface area (TPSA) is 72.7 Å². The van der Waals surface area contributed by atoms with Crippen LogP contribution in [0.25, 0.3) is 11.4 Å². The SMILES string of the molecule is Cn1nnnc1-c1ccc(NC(=O)c2cc(Cl)cc(Cl)c2)cc1. The molecule has 0 aliphatic rings. The zero-order valence-electron chi connectivity index (χ0n) is 12.0. The molecule has 8 heteroatoms. The van der Waals surface area contributed by atoms with Crippen molar-refractivity contribution in [2.24, 2.45) is 7.05 Å². The van der Waals surface area contributed by atoms with Crippen LogP contribution in [-0.2, 0) is 7.05 Å². The highest BCUT2D eigenvalue weighted by molar-refractivity contribution is 6.35. The molecule has 23 heavy (non-hydrogen) atoms. The van der Waals surface area contributed by atoms with Gasteiger partial charge in [0.05, 0.1) is 0 Å². The van der Waals surface area contributed by atoms with E-state index in [4.69, 9.17) is 23.2 Å². The Hall–Kier alpha value is -2.44. The van der Waals surface area contributed by atoms with Gasteiger partial charge in [-0.25, -0.2) is 4.68 Å². The average Bonchev–Trinajstić information content (AvgIpc) is 2.93. The normalized spacial score (nSPS) is 10.6. The molecule has 0 fully saturated rings. The number of amides is 1. The van der Waals surface area contributed by atoms with Gasteiger partial charge < -0.3 is 5.32 Å². The van der Waals surface area contributed by atoms with Crippen LogP contribution in [0.2, 0.25) is 10.0 Å². The molecule has 0 saturated carbocycles. The number of carbonyl (C=O) groups excluding carboxylic acids is 1. The Morgan fingerprint density at radius 2 is 1.74 bits per heavy atom. The fourth-order valence-corrected chi connectivity index (χ4v) is 2.59. The molecule has 116 valence electrons. The summed E-state index contributed by atoms with van der Waals surface area (Å²) in [5.41, 5.74) is 1.88. The fraction of sp³-hybridized carbons (Fsp3) is 0.0667. The van der Waals surface area contributed by atoms with E-state index in [9.17, 15) is 4.79 Å². The smallest absolute Gasteiger partial charge is 0.255 e. The standard InChI is InChI=1S/C15H11Cl2N5O/c1-22-14(19-20-21-22)9-2-4-13(5-3-9)18-15(23)10-6-11(16)8-12(17)7-10/h2-8H,1H3,(H,18,23). The minimum atomic E-state index is -0.289. The van der Waals surface area contributed by atoms with Gasteiger partial charge in [0, 0.05) is 33.9 Å². The predicted molar refractivity (Wildman–Crippen MR) is 88.6 cm³/mol. The van der Waals surface area contributed by atoms with Crippen molar-refractivity contribution in [2.45, 2.75) is 0 Å². The number of carbonyl (C=O) groups is 1. The van der Waals surface area contributed by atoms with Crippen molar-refractivity contribution in [3.8, 4) is 11.4 Å². The van der Waals surface area contributed by atoms with Gasteiger partial charge in [0.1, 0.15) is 0 Å². The summed E-state index contributed by atoms with van der Waals surface area (Å²) in [6.07, 6.45) is 0. The van der Waals surface area contributed by atoms with Crippen LogP contribution in [0.4, 0.5) is 5.69 Å². The number of hydrogen-bond donors (Lipinski definition) is 1. The van der Waals surface area contributed by atoms with Gasteiger partial charge in [0.15, 0.2) is 5.82 Å². The van der Waals surface area contributed by atoms with Crippen LogP contribution in [0.5, 0.6) is 0 Å². The number of tetrazole rings is 1. The number of aryl methyl sites for hydroxylation is 1. The van der Waals surface area contributed by atoms with E-state index < -0.39 is 0 Å². The van der Waals surface area contributed by atoms with Crippen molar-refractivity contribution < 1.29 is 4.79 Å². The molecule has 0 spiro atoms. The van der Waals surface area contributed by atoms with Crippen molar-refractivity contribution >= 4 is 34.8 Å². The second-order valence-electron chi connectivity index (χ2n) is 4.82. The van der Waals surface area contributed by atoms with Crippen molar-refractivity contribution in [3.63, 3.8) is 0 Å². The van der Waals surface area contributed by atoms with Crippen LogP contribution in [0.3, 0.4) is 0 Å². The fourth-order valence-electron chi connectivity index (χ4n) is 2.06. The van der Waals surface area contributed by atoms with Gasteiger partial charge in [-0.3, -0.25) is 4.79 Å². The first-order chi connectivity index (χ1) is 11.0. The lowest BCUT2D eigenvalue weighted by Crippen LogP contribution is -2.11. The molecule has 0 aliphatic carbocycles. The van der Waals surface area contributed by atoms with E-state index >= 15 is 0 Å². The van der Waals surface area contributed by atoms with Crippen molar-refractivity contribution in [2.75, 3.05) is 5.32 Å². The molecule has 3 aromatic rings. The number of benzene rings is 2. The van der Waals surface area contributed by atoms with E-state index in [0.717, 1.165) is 5.56 Å². The van der Waals surface area contributed by atoms with Gasteiger partial charge in [-0.15, -0.1) is 5.10 Å². The van der Waals surface area contributed by atoms with Gasteiger partial charge in [-0.1, -0.05) is 23.2 Å². The van der Waals surface area contributed by atoms with Gasteiger partial charge in [0.25, 0.3) is 5.91 Å². The second-order valence-corrected chi connectivity index (χ2v) is 5.69. The van der Waals surface area contributed by atoms with Crippen LogP contribution in [0.1, 0.15) is 10.4 Å². The van der Waals surface area contributed by atoms with Crippen LogP contribution in [-0.4, -0.2) is 26.1 Å². The van der Waals surface area contributed by atoms with Crippen LogP contribution in [0.15, 0.2) is 42.5 Å². The molecule has 1 aromatic heterocycles. The third-order valence-corrected chi connectivity index (χ3v) is 3.58. The molecular weight excluding hydrogens is 337 g/mol. The average molecular weight is 348 g/mol. The summed E-state index contributed by atoms with van der Waals surface area (Å²) in [6, 6.07) is 11.9. The minimum Gasteiger partial charge on any atom is -0.322 e. The third kappa shape index (κ3) is 3.49. The molecule has 0 radical (unpaired) electrons. The molecule has 0 saturated heterocycles. The van der Waals surface area contributed by atoms with Crippen LogP contribution >= 0.6 is 23.2 Å². The molecule has 1 heterocycles. The number of anilines is 1. The third-order valence-electron chi connectivity index (χ3n) is 3.15. The maximum atomic E-state index is 12.2. The lowest BCUT2D eigenvalue weighted by molar-refractivity contribution is 0.102. The number of nitrogens with zero attached hydrogens (tertiary/aromatic N) is 4. The van der Waals surface area contributed by atoms with Crippen LogP contribution < -0.4 is 5.32 Å². The highest BCUT2D eigenvalue weighted by Crippen LogP contribution is 2.21. The zero-order chi connectivity index (χ0) is 16.4. The van der Waals surface area contributed by atoms with Gasteiger partial charge >= 0.3 is 0 Å². The lowest BCUT2D eigenvalue weighted by Gasteiger charge is -2.07. The maximum Gasteiger partial charge on any atom is 0.255 e. The Morgan fingerprint density at radius 1 is 1.09 bits per heavy atom. The van der Waals surface area contributed by atoms with E-state index in [0.29, 0.717) is 27.1 Å². The number of halogens is 2. The summed E-state index contributed by atoms with van der Waals surface area (Å²) in [5, 5.41) is 14.9. The quantitative estimate of drug-likeness (QED) is 0.787. The second kappa shape index (κ2) is 6.36.